The molecule has 0 aliphatic carbocycles. The fraction of sp³-hybridized carbons (Fsp3) is 0.550. The molecule has 0 aromatic carbocycles. The molecular formula is C20H32IN7O2. The molecule has 1 atom stereocenters. The third kappa shape index (κ3) is 5.54. The number of aliphatic imine (C=N–C) groups is 1. The van der Waals surface area contributed by atoms with E-state index in [9.17, 15) is 4.79 Å². The zero-order valence-electron chi connectivity index (χ0n) is 18.1. The van der Waals surface area contributed by atoms with Gasteiger partial charge in [0, 0.05) is 39.9 Å². The molecule has 9 nitrogen and oxygen atoms in total. The maximum Gasteiger partial charge on any atom is 0.246 e. The summed E-state index contributed by atoms with van der Waals surface area (Å²) in [6.07, 6.45) is 5.29. The van der Waals surface area contributed by atoms with E-state index in [0.717, 1.165) is 30.5 Å². The number of aryl methyl sites for hydroxylation is 1. The Balaban J connectivity index is 0.00000320. The number of carbonyl (C=O) groups excluding carboxylic acids is 1. The van der Waals surface area contributed by atoms with Gasteiger partial charge in [-0.1, -0.05) is 13.8 Å². The van der Waals surface area contributed by atoms with E-state index in [1.165, 1.54) is 0 Å². The number of hydrogen-bond acceptors (Lipinski definition) is 5. The Morgan fingerprint density at radius 2 is 2.13 bits per heavy atom. The number of nitrogens with one attached hydrogen (secondary N) is 1. The number of piperazine rings is 1. The lowest BCUT2D eigenvalue weighted by molar-refractivity contribution is -0.120. The van der Waals surface area contributed by atoms with Crippen LogP contribution in [-0.2, 0) is 11.8 Å². The zero-order valence-corrected chi connectivity index (χ0v) is 20.4. The van der Waals surface area contributed by atoms with Gasteiger partial charge in [-0.15, -0.1) is 24.0 Å². The van der Waals surface area contributed by atoms with Crippen molar-refractivity contribution in [1.29, 1.82) is 0 Å². The molecule has 0 radical (unpaired) electrons. The monoisotopic (exact) mass is 529 g/mol. The Hall–Kier alpha value is -2.08. The summed E-state index contributed by atoms with van der Waals surface area (Å²) in [4.78, 5) is 23.2. The number of rotatable bonds is 7. The summed E-state index contributed by atoms with van der Waals surface area (Å²) in [5.41, 5.74) is 0.833. The molecule has 2 aromatic heterocycles. The molecule has 1 amide bonds. The SMILES string of the molecule is CCN(CC)C(CNC(=NC)N1CCN(c2cnn(C)c2)C(=O)C1)c1ccco1.I. The van der Waals surface area contributed by atoms with Gasteiger partial charge in [0.25, 0.3) is 0 Å². The maximum absolute atomic E-state index is 12.7. The molecule has 0 bridgehead atoms. The highest BCUT2D eigenvalue weighted by atomic mass is 127. The first-order valence-electron chi connectivity index (χ1n) is 10.1. The van der Waals surface area contributed by atoms with Crippen molar-refractivity contribution in [2.45, 2.75) is 19.9 Å². The summed E-state index contributed by atoms with van der Waals surface area (Å²) in [5, 5.41) is 7.60. The minimum Gasteiger partial charge on any atom is -0.468 e. The molecule has 1 fully saturated rings. The second-order valence-electron chi connectivity index (χ2n) is 7.02. The molecule has 0 saturated carbocycles. The van der Waals surface area contributed by atoms with Crippen LogP contribution < -0.4 is 10.2 Å². The largest absolute Gasteiger partial charge is 0.468 e. The molecule has 1 saturated heterocycles. The fourth-order valence-electron chi connectivity index (χ4n) is 3.75. The average molecular weight is 529 g/mol. The van der Waals surface area contributed by atoms with Crippen LogP contribution >= 0.6 is 24.0 Å². The summed E-state index contributed by atoms with van der Waals surface area (Å²) >= 11 is 0. The number of nitrogens with zero attached hydrogens (tertiary/aromatic N) is 6. The molecule has 0 spiro atoms. The predicted molar refractivity (Wildman–Crippen MR) is 128 cm³/mol. The third-order valence-electron chi connectivity index (χ3n) is 5.31. The van der Waals surface area contributed by atoms with E-state index < -0.39 is 0 Å². The average Bonchev–Trinajstić information content (AvgIpc) is 3.40. The third-order valence-corrected chi connectivity index (χ3v) is 5.31. The van der Waals surface area contributed by atoms with Gasteiger partial charge in [0.2, 0.25) is 5.91 Å². The molecule has 3 rings (SSSR count). The maximum atomic E-state index is 12.7. The summed E-state index contributed by atoms with van der Waals surface area (Å²) < 4.78 is 7.38. The Kier molecular flexibility index (Phi) is 9.15. The normalized spacial score (nSPS) is 16.0. The van der Waals surface area contributed by atoms with E-state index in [4.69, 9.17) is 4.42 Å². The summed E-state index contributed by atoms with van der Waals surface area (Å²) in [6.45, 7) is 8.37. The van der Waals surface area contributed by atoms with Gasteiger partial charge >= 0.3 is 0 Å². The van der Waals surface area contributed by atoms with Crippen molar-refractivity contribution in [3.05, 3.63) is 36.5 Å². The van der Waals surface area contributed by atoms with Crippen molar-refractivity contribution in [2.24, 2.45) is 12.0 Å². The summed E-state index contributed by atoms with van der Waals surface area (Å²) in [7, 11) is 3.60. The van der Waals surface area contributed by atoms with Gasteiger partial charge in [-0.05, 0) is 25.2 Å². The second-order valence-corrected chi connectivity index (χ2v) is 7.02. The zero-order chi connectivity index (χ0) is 20.8. The van der Waals surface area contributed by atoms with Crippen molar-refractivity contribution in [2.75, 3.05) is 51.2 Å². The molecule has 1 N–H and O–H groups in total. The standard InChI is InChI=1S/C20H31N7O2.HI/c1-5-25(6-2)17(18-8-7-11-29-18)13-22-20(21-3)26-9-10-27(19(28)15-26)16-12-23-24(4)14-16;/h7-8,11-12,14,17H,5-6,9-10,13,15H2,1-4H3,(H,21,22);1H. The van der Waals surface area contributed by atoms with Gasteiger partial charge in [-0.2, -0.15) is 5.10 Å². The van der Waals surface area contributed by atoms with Crippen LogP contribution in [0.1, 0.15) is 25.6 Å². The van der Waals surface area contributed by atoms with Gasteiger partial charge < -0.3 is 19.5 Å². The smallest absolute Gasteiger partial charge is 0.246 e. The molecule has 10 heteroatoms. The van der Waals surface area contributed by atoms with Crippen LogP contribution in [0, 0.1) is 0 Å². The van der Waals surface area contributed by atoms with Crippen LogP contribution in [0.25, 0.3) is 0 Å². The minimum atomic E-state index is 0. The van der Waals surface area contributed by atoms with Crippen LogP contribution in [0.5, 0.6) is 0 Å². The van der Waals surface area contributed by atoms with Crippen molar-refractivity contribution in [3.63, 3.8) is 0 Å². The Bertz CT molecular complexity index is 817. The van der Waals surface area contributed by atoms with E-state index in [-0.39, 0.29) is 42.5 Å². The van der Waals surface area contributed by atoms with Gasteiger partial charge in [0.15, 0.2) is 5.96 Å². The number of carbonyl (C=O) groups is 1. The number of likely N-dealkylation sites (N-methyl/N-ethyl adjacent to an activating group) is 1. The molecule has 1 aliphatic rings. The van der Waals surface area contributed by atoms with Crippen molar-refractivity contribution < 1.29 is 9.21 Å². The summed E-state index contributed by atoms with van der Waals surface area (Å²) in [5.74, 6) is 1.69. The first-order valence-corrected chi connectivity index (χ1v) is 10.1. The van der Waals surface area contributed by atoms with Crippen LogP contribution in [0.3, 0.4) is 0 Å². The molecule has 30 heavy (non-hydrogen) atoms. The molecule has 3 heterocycles. The number of anilines is 1. The molecular weight excluding hydrogens is 497 g/mol. The lowest BCUT2D eigenvalue weighted by Gasteiger charge is -2.36. The number of furan rings is 1. The lowest BCUT2D eigenvalue weighted by Crippen LogP contribution is -2.56. The van der Waals surface area contributed by atoms with Crippen molar-refractivity contribution >= 4 is 41.5 Å². The number of hydrogen-bond donors (Lipinski definition) is 1. The summed E-state index contributed by atoms with van der Waals surface area (Å²) in [6, 6.07) is 4.02. The highest BCUT2D eigenvalue weighted by Gasteiger charge is 2.28. The topological polar surface area (TPSA) is 82.1 Å². The number of amides is 1. The van der Waals surface area contributed by atoms with E-state index >= 15 is 0 Å². The van der Waals surface area contributed by atoms with Crippen LogP contribution in [0.2, 0.25) is 0 Å². The van der Waals surface area contributed by atoms with E-state index in [1.807, 2.05) is 30.3 Å². The minimum absolute atomic E-state index is 0. The molecule has 1 unspecified atom stereocenters. The Labute approximate surface area is 195 Å². The molecule has 2 aromatic rings. The van der Waals surface area contributed by atoms with Gasteiger partial charge in [0.1, 0.15) is 12.3 Å². The first-order chi connectivity index (χ1) is 14.1. The Morgan fingerprint density at radius 1 is 1.37 bits per heavy atom. The van der Waals surface area contributed by atoms with Gasteiger partial charge in [0.05, 0.1) is 24.2 Å². The van der Waals surface area contributed by atoms with E-state index in [1.54, 1.807) is 29.1 Å². The number of halogens is 1. The fourth-order valence-corrected chi connectivity index (χ4v) is 3.75. The number of guanidine groups is 1. The number of aromatic nitrogens is 2. The lowest BCUT2D eigenvalue weighted by atomic mass is 10.2. The highest BCUT2D eigenvalue weighted by Crippen LogP contribution is 2.21. The Morgan fingerprint density at radius 3 is 2.67 bits per heavy atom. The predicted octanol–water partition coefficient (Wildman–Crippen LogP) is 1.94. The van der Waals surface area contributed by atoms with E-state index in [0.29, 0.717) is 19.6 Å². The van der Waals surface area contributed by atoms with Crippen LogP contribution in [0.15, 0.2) is 40.2 Å². The first kappa shape index (κ1) is 24.2. The van der Waals surface area contributed by atoms with Crippen molar-refractivity contribution in [3.8, 4) is 0 Å². The van der Waals surface area contributed by atoms with E-state index in [2.05, 4.69) is 34.2 Å². The van der Waals surface area contributed by atoms with Crippen molar-refractivity contribution in [1.82, 2.24) is 24.9 Å². The second kappa shape index (κ2) is 11.3. The van der Waals surface area contributed by atoms with Gasteiger partial charge in [-0.3, -0.25) is 19.4 Å². The molecule has 166 valence electrons. The highest BCUT2D eigenvalue weighted by molar-refractivity contribution is 14.0. The molecule has 1 aliphatic heterocycles. The quantitative estimate of drug-likeness (QED) is 0.336. The van der Waals surface area contributed by atoms with Crippen LogP contribution in [0.4, 0.5) is 5.69 Å². The van der Waals surface area contributed by atoms with Crippen LogP contribution in [-0.4, -0.2) is 77.8 Å². The van der Waals surface area contributed by atoms with Gasteiger partial charge in [-0.25, -0.2) is 0 Å².